The normalized spacial score (nSPS) is 34.6. The predicted molar refractivity (Wildman–Crippen MR) is 60.1 cm³/mol. The number of carbonyl (C=O) groups is 2. The first-order chi connectivity index (χ1) is 7.83. The molecule has 1 aliphatic carbocycles. The minimum atomic E-state index is -1.29. The lowest BCUT2D eigenvalue weighted by molar-refractivity contribution is -0.156. The van der Waals surface area contributed by atoms with Crippen LogP contribution >= 0.6 is 0 Å². The maximum atomic E-state index is 12.2. The van der Waals surface area contributed by atoms with Gasteiger partial charge < -0.3 is 14.7 Å². The predicted octanol–water partition coefficient (Wildman–Crippen LogP) is 0.311. The molecule has 2 fully saturated rings. The van der Waals surface area contributed by atoms with Crippen LogP contribution in [0.25, 0.3) is 0 Å². The number of likely N-dealkylation sites (tertiary alicyclic amines) is 1. The van der Waals surface area contributed by atoms with Crippen LogP contribution in [-0.2, 0) is 14.3 Å². The van der Waals surface area contributed by atoms with E-state index in [1.54, 1.807) is 0 Å². The lowest BCUT2D eigenvalue weighted by Crippen LogP contribution is -2.48. The molecule has 5 heteroatoms. The summed E-state index contributed by atoms with van der Waals surface area (Å²) < 4.78 is 4.69. The molecule has 2 aliphatic rings. The van der Waals surface area contributed by atoms with E-state index < -0.39 is 17.6 Å². The van der Waals surface area contributed by atoms with Gasteiger partial charge in [0.2, 0.25) is 0 Å². The Kier molecular flexibility index (Phi) is 2.69. The number of methoxy groups -OCH3 is 1. The first kappa shape index (κ1) is 12.4. The molecule has 0 aromatic rings. The van der Waals surface area contributed by atoms with Gasteiger partial charge in [0, 0.05) is 12.0 Å². The minimum absolute atomic E-state index is 0.324. The molecule has 0 bridgehead atoms. The van der Waals surface area contributed by atoms with Crippen LogP contribution in [0.4, 0.5) is 0 Å². The number of carbonyl (C=O) groups excluding carboxylic acids is 2. The SMILES string of the molecule is COC(=O)[C@@H]1CCCN1C(=O)[C@@]1(O)CC1(C)C. The summed E-state index contributed by atoms with van der Waals surface area (Å²) in [5.74, 6) is -0.715. The smallest absolute Gasteiger partial charge is 0.328 e. The number of hydrogen-bond acceptors (Lipinski definition) is 4. The van der Waals surface area contributed by atoms with E-state index in [0.29, 0.717) is 19.4 Å². The second kappa shape index (κ2) is 3.70. The van der Waals surface area contributed by atoms with Crippen molar-refractivity contribution >= 4 is 11.9 Å². The number of hydrogen-bond donors (Lipinski definition) is 1. The molecule has 0 spiro atoms. The molecule has 0 aromatic carbocycles. The highest BCUT2D eigenvalue weighted by Gasteiger charge is 2.67. The second-order valence-corrected chi connectivity index (χ2v) is 5.60. The summed E-state index contributed by atoms with van der Waals surface area (Å²) in [6.07, 6.45) is 1.86. The van der Waals surface area contributed by atoms with Gasteiger partial charge in [-0.15, -0.1) is 0 Å². The third-order valence-corrected chi connectivity index (χ3v) is 4.03. The Hall–Kier alpha value is -1.10. The summed E-state index contributed by atoms with van der Waals surface area (Å²) >= 11 is 0. The van der Waals surface area contributed by atoms with E-state index in [4.69, 9.17) is 0 Å². The van der Waals surface area contributed by atoms with Crippen molar-refractivity contribution in [2.75, 3.05) is 13.7 Å². The lowest BCUT2D eigenvalue weighted by atomic mass is 10.1. The maximum Gasteiger partial charge on any atom is 0.328 e. The Balaban J connectivity index is 2.13. The van der Waals surface area contributed by atoms with Crippen molar-refractivity contribution in [1.82, 2.24) is 4.90 Å². The summed E-state index contributed by atoms with van der Waals surface area (Å²) in [6.45, 7) is 4.24. The quantitative estimate of drug-likeness (QED) is 0.707. The molecule has 1 heterocycles. The minimum Gasteiger partial charge on any atom is -0.467 e. The molecular weight excluding hydrogens is 222 g/mol. The molecule has 5 nitrogen and oxygen atoms in total. The highest BCUT2D eigenvalue weighted by molar-refractivity contribution is 5.93. The molecule has 1 N–H and O–H groups in total. The zero-order valence-corrected chi connectivity index (χ0v) is 10.5. The van der Waals surface area contributed by atoms with E-state index in [1.807, 2.05) is 13.8 Å². The molecular formula is C12H19NO4. The average Bonchev–Trinajstić information content (AvgIpc) is 2.71. The van der Waals surface area contributed by atoms with Crippen LogP contribution in [0.2, 0.25) is 0 Å². The van der Waals surface area contributed by atoms with Crippen molar-refractivity contribution in [3.63, 3.8) is 0 Å². The van der Waals surface area contributed by atoms with E-state index in [2.05, 4.69) is 4.74 Å². The van der Waals surface area contributed by atoms with Crippen LogP contribution in [0.1, 0.15) is 33.1 Å². The number of amides is 1. The Morgan fingerprint density at radius 1 is 1.41 bits per heavy atom. The Morgan fingerprint density at radius 3 is 2.47 bits per heavy atom. The summed E-state index contributed by atoms with van der Waals surface area (Å²) in [5.41, 5.74) is -1.67. The van der Waals surface area contributed by atoms with Crippen LogP contribution in [0.15, 0.2) is 0 Å². The molecule has 2 atom stereocenters. The van der Waals surface area contributed by atoms with E-state index in [0.717, 1.165) is 6.42 Å². The van der Waals surface area contributed by atoms with Gasteiger partial charge >= 0.3 is 5.97 Å². The summed E-state index contributed by atoms with van der Waals surface area (Å²) in [4.78, 5) is 25.3. The van der Waals surface area contributed by atoms with E-state index in [9.17, 15) is 14.7 Å². The molecule has 1 saturated heterocycles. The first-order valence-electron chi connectivity index (χ1n) is 5.95. The fourth-order valence-electron chi connectivity index (χ4n) is 2.59. The zero-order chi connectivity index (χ0) is 12.8. The molecule has 2 rings (SSSR count). The second-order valence-electron chi connectivity index (χ2n) is 5.60. The first-order valence-corrected chi connectivity index (χ1v) is 5.95. The summed E-state index contributed by atoms with van der Waals surface area (Å²) in [5, 5.41) is 10.2. The van der Waals surface area contributed by atoms with Gasteiger partial charge in [0.1, 0.15) is 11.6 Å². The van der Waals surface area contributed by atoms with Crippen molar-refractivity contribution in [3.05, 3.63) is 0 Å². The lowest BCUT2D eigenvalue weighted by Gasteiger charge is -2.26. The summed E-state index contributed by atoms with van der Waals surface area (Å²) in [7, 11) is 1.32. The van der Waals surface area contributed by atoms with Crippen LogP contribution in [0, 0.1) is 5.41 Å². The van der Waals surface area contributed by atoms with Gasteiger partial charge in [0.25, 0.3) is 5.91 Å². The van der Waals surface area contributed by atoms with E-state index >= 15 is 0 Å². The monoisotopic (exact) mass is 241 g/mol. The van der Waals surface area contributed by atoms with Crippen molar-refractivity contribution < 1.29 is 19.4 Å². The number of aliphatic hydroxyl groups is 1. The third-order valence-electron chi connectivity index (χ3n) is 4.03. The number of esters is 1. The van der Waals surface area contributed by atoms with Gasteiger partial charge in [-0.2, -0.15) is 0 Å². The Labute approximate surface area is 101 Å². The molecule has 0 unspecified atom stereocenters. The van der Waals surface area contributed by atoms with Crippen molar-refractivity contribution in [3.8, 4) is 0 Å². The van der Waals surface area contributed by atoms with Crippen molar-refractivity contribution in [2.45, 2.75) is 44.8 Å². The molecule has 1 aliphatic heterocycles. The zero-order valence-electron chi connectivity index (χ0n) is 10.5. The van der Waals surface area contributed by atoms with Gasteiger partial charge in [-0.25, -0.2) is 4.79 Å². The molecule has 1 saturated carbocycles. The Bertz CT molecular complexity index is 366. The van der Waals surface area contributed by atoms with E-state index in [1.165, 1.54) is 12.0 Å². The fraction of sp³-hybridized carbons (Fsp3) is 0.833. The highest BCUT2D eigenvalue weighted by atomic mass is 16.5. The van der Waals surface area contributed by atoms with Crippen LogP contribution in [0.3, 0.4) is 0 Å². The van der Waals surface area contributed by atoms with Gasteiger partial charge in [0.15, 0.2) is 0 Å². The summed E-state index contributed by atoms with van der Waals surface area (Å²) in [6, 6.07) is -0.520. The van der Waals surface area contributed by atoms with Gasteiger partial charge in [-0.05, 0) is 19.3 Å². The van der Waals surface area contributed by atoms with Gasteiger partial charge in [0.05, 0.1) is 7.11 Å². The highest BCUT2D eigenvalue weighted by Crippen LogP contribution is 2.56. The molecule has 0 radical (unpaired) electrons. The molecule has 0 aromatic heterocycles. The molecule has 17 heavy (non-hydrogen) atoms. The number of rotatable bonds is 2. The molecule has 1 amide bonds. The van der Waals surface area contributed by atoms with Gasteiger partial charge in [-0.3, -0.25) is 4.79 Å². The number of ether oxygens (including phenoxy) is 1. The molecule has 96 valence electrons. The fourth-order valence-corrected chi connectivity index (χ4v) is 2.59. The largest absolute Gasteiger partial charge is 0.467 e. The van der Waals surface area contributed by atoms with Gasteiger partial charge in [-0.1, -0.05) is 13.8 Å². The Morgan fingerprint density at radius 2 is 2.00 bits per heavy atom. The average molecular weight is 241 g/mol. The topological polar surface area (TPSA) is 66.8 Å². The van der Waals surface area contributed by atoms with Crippen molar-refractivity contribution in [1.29, 1.82) is 0 Å². The standard InChI is InChI=1S/C12H19NO4/c1-11(2)7-12(11,16)10(15)13-6-4-5-8(13)9(14)17-3/h8,16H,4-7H2,1-3H3/t8-,12-/m0/s1. The maximum absolute atomic E-state index is 12.2. The van der Waals surface area contributed by atoms with E-state index in [-0.39, 0.29) is 11.3 Å². The van der Waals surface area contributed by atoms with Crippen molar-refractivity contribution in [2.24, 2.45) is 5.41 Å². The van der Waals surface area contributed by atoms with Crippen LogP contribution in [0.5, 0.6) is 0 Å². The van der Waals surface area contributed by atoms with Crippen LogP contribution in [-0.4, -0.2) is 47.2 Å². The van der Waals surface area contributed by atoms with Crippen LogP contribution < -0.4 is 0 Å². The number of nitrogens with zero attached hydrogens (tertiary/aromatic N) is 1. The third kappa shape index (κ3) is 1.73.